The van der Waals surface area contributed by atoms with Crippen molar-refractivity contribution in [2.24, 2.45) is 0 Å². The number of nitrogens with one attached hydrogen (secondary N) is 1. The summed E-state index contributed by atoms with van der Waals surface area (Å²) in [6.07, 6.45) is 7.72. The van der Waals surface area contributed by atoms with E-state index in [-0.39, 0.29) is 6.04 Å². The molecule has 0 amide bonds. The third kappa shape index (κ3) is 5.17. The zero-order valence-corrected chi connectivity index (χ0v) is 13.5. The molecule has 0 aromatic carbocycles. The third-order valence-electron chi connectivity index (χ3n) is 2.60. The number of aromatic nitrogens is 2. The van der Waals surface area contributed by atoms with Gasteiger partial charge >= 0.3 is 0 Å². The summed E-state index contributed by atoms with van der Waals surface area (Å²) in [6.45, 7) is 15.5. The summed E-state index contributed by atoms with van der Waals surface area (Å²) in [4.78, 5) is 8.29. The van der Waals surface area contributed by atoms with Crippen LogP contribution in [-0.2, 0) is 6.42 Å². The van der Waals surface area contributed by atoms with Gasteiger partial charge in [-0.05, 0) is 18.9 Å². The van der Waals surface area contributed by atoms with E-state index in [9.17, 15) is 0 Å². The first-order chi connectivity index (χ1) is 9.63. The first-order valence-corrected chi connectivity index (χ1v) is 7.22. The SMILES string of the molecule is C=C/C=C(\C=C)C(C)Nc1ncnc(CC)c1Cl.CC. The summed E-state index contributed by atoms with van der Waals surface area (Å²) in [7, 11) is 0. The molecule has 1 unspecified atom stereocenters. The molecular weight excluding hydrogens is 270 g/mol. The Morgan fingerprint density at radius 2 is 2.05 bits per heavy atom. The van der Waals surface area contributed by atoms with E-state index in [1.807, 2.05) is 33.8 Å². The number of hydrogen-bond donors (Lipinski definition) is 1. The highest BCUT2D eigenvalue weighted by molar-refractivity contribution is 6.33. The molecule has 0 radical (unpaired) electrons. The molecule has 1 rings (SSSR count). The largest absolute Gasteiger partial charge is 0.362 e. The summed E-state index contributed by atoms with van der Waals surface area (Å²) in [5, 5.41) is 3.83. The van der Waals surface area contributed by atoms with Gasteiger partial charge in [-0.15, -0.1) is 0 Å². The van der Waals surface area contributed by atoms with Crippen LogP contribution >= 0.6 is 11.6 Å². The molecule has 4 heteroatoms. The number of hydrogen-bond acceptors (Lipinski definition) is 3. The van der Waals surface area contributed by atoms with Crippen LogP contribution < -0.4 is 5.32 Å². The van der Waals surface area contributed by atoms with Crippen molar-refractivity contribution in [3.05, 3.63) is 54.0 Å². The van der Waals surface area contributed by atoms with Gasteiger partial charge in [0.2, 0.25) is 0 Å². The van der Waals surface area contributed by atoms with Gasteiger partial charge in [-0.2, -0.15) is 0 Å². The van der Waals surface area contributed by atoms with Crippen LogP contribution in [0.2, 0.25) is 5.02 Å². The molecule has 0 fully saturated rings. The fourth-order valence-electron chi connectivity index (χ4n) is 1.57. The van der Waals surface area contributed by atoms with Crippen LogP contribution in [0.15, 0.2) is 43.3 Å². The summed E-state index contributed by atoms with van der Waals surface area (Å²) >= 11 is 6.22. The van der Waals surface area contributed by atoms with Gasteiger partial charge in [0.25, 0.3) is 0 Å². The Kier molecular flexibility index (Phi) is 9.39. The highest BCUT2D eigenvalue weighted by Gasteiger charge is 2.11. The zero-order valence-electron chi connectivity index (χ0n) is 12.8. The van der Waals surface area contributed by atoms with E-state index in [1.54, 1.807) is 12.2 Å². The molecule has 0 aliphatic rings. The van der Waals surface area contributed by atoms with Gasteiger partial charge in [0.1, 0.15) is 17.2 Å². The van der Waals surface area contributed by atoms with E-state index in [4.69, 9.17) is 11.6 Å². The maximum absolute atomic E-state index is 6.22. The normalized spacial score (nSPS) is 11.9. The third-order valence-corrected chi connectivity index (χ3v) is 2.99. The Bertz CT molecular complexity index is 467. The molecular formula is C16H24ClN3. The lowest BCUT2D eigenvalue weighted by Crippen LogP contribution is -2.18. The molecule has 20 heavy (non-hydrogen) atoms. The van der Waals surface area contributed by atoms with Crippen molar-refractivity contribution in [2.45, 2.75) is 40.2 Å². The Morgan fingerprint density at radius 1 is 1.40 bits per heavy atom. The highest BCUT2D eigenvalue weighted by atomic mass is 35.5. The molecule has 110 valence electrons. The van der Waals surface area contributed by atoms with E-state index in [1.165, 1.54) is 6.33 Å². The molecule has 0 saturated heterocycles. The quantitative estimate of drug-likeness (QED) is 0.764. The average Bonchev–Trinajstić information content (AvgIpc) is 2.48. The van der Waals surface area contributed by atoms with Gasteiger partial charge in [-0.1, -0.05) is 63.8 Å². The summed E-state index contributed by atoms with van der Waals surface area (Å²) in [5.74, 6) is 0.646. The van der Waals surface area contributed by atoms with Crippen LogP contribution in [0, 0.1) is 0 Å². The van der Waals surface area contributed by atoms with Gasteiger partial charge in [0, 0.05) is 6.04 Å². The second kappa shape index (κ2) is 10.2. The van der Waals surface area contributed by atoms with Crippen molar-refractivity contribution in [3.8, 4) is 0 Å². The molecule has 1 N–H and O–H groups in total. The molecule has 1 aromatic heterocycles. The van der Waals surface area contributed by atoms with Crippen molar-refractivity contribution in [3.63, 3.8) is 0 Å². The van der Waals surface area contributed by atoms with E-state index in [2.05, 4.69) is 28.4 Å². The summed E-state index contributed by atoms with van der Waals surface area (Å²) in [5.41, 5.74) is 1.87. The van der Waals surface area contributed by atoms with Crippen LogP contribution in [0.25, 0.3) is 0 Å². The Balaban J connectivity index is 0.00000172. The molecule has 1 aromatic rings. The molecule has 0 saturated carbocycles. The second-order valence-corrected chi connectivity index (χ2v) is 4.19. The minimum atomic E-state index is 0.0533. The lowest BCUT2D eigenvalue weighted by atomic mass is 10.1. The van der Waals surface area contributed by atoms with Crippen LogP contribution in [0.4, 0.5) is 5.82 Å². The molecule has 0 spiro atoms. The van der Waals surface area contributed by atoms with Gasteiger partial charge in [-0.3, -0.25) is 0 Å². The fourth-order valence-corrected chi connectivity index (χ4v) is 1.85. The molecule has 3 nitrogen and oxygen atoms in total. The minimum absolute atomic E-state index is 0.0533. The fraction of sp³-hybridized carbons (Fsp3) is 0.375. The lowest BCUT2D eigenvalue weighted by Gasteiger charge is -2.17. The maximum Gasteiger partial charge on any atom is 0.148 e. The van der Waals surface area contributed by atoms with Crippen molar-refractivity contribution in [1.82, 2.24) is 9.97 Å². The van der Waals surface area contributed by atoms with Crippen molar-refractivity contribution in [2.75, 3.05) is 5.32 Å². The molecule has 1 heterocycles. The minimum Gasteiger partial charge on any atom is -0.362 e. The first kappa shape index (κ1) is 18.4. The van der Waals surface area contributed by atoms with E-state index < -0.39 is 0 Å². The van der Waals surface area contributed by atoms with Crippen LogP contribution in [-0.4, -0.2) is 16.0 Å². The van der Waals surface area contributed by atoms with Gasteiger partial charge in [-0.25, -0.2) is 9.97 Å². The van der Waals surface area contributed by atoms with Crippen molar-refractivity contribution >= 4 is 17.4 Å². The maximum atomic E-state index is 6.22. The number of halogens is 1. The van der Waals surface area contributed by atoms with Crippen molar-refractivity contribution < 1.29 is 0 Å². The zero-order chi connectivity index (χ0) is 15.5. The molecule has 1 atom stereocenters. The number of nitrogens with zero attached hydrogens (tertiary/aromatic N) is 2. The topological polar surface area (TPSA) is 37.8 Å². The smallest absolute Gasteiger partial charge is 0.148 e. The molecule has 0 bridgehead atoms. The second-order valence-electron chi connectivity index (χ2n) is 3.81. The standard InChI is InChI=1S/C14H18ClN3.C2H6/c1-5-8-11(6-2)10(4)18-14-13(15)12(7-3)16-9-17-14;1-2/h5-6,8-10H,1-2,7H2,3-4H3,(H,16,17,18);1-2H3/b11-8+;. The lowest BCUT2D eigenvalue weighted by molar-refractivity contribution is 0.922. The van der Waals surface area contributed by atoms with E-state index in [0.717, 1.165) is 17.7 Å². The number of rotatable bonds is 6. The molecule has 0 aliphatic heterocycles. The number of anilines is 1. The average molecular weight is 294 g/mol. The summed E-state index contributed by atoms with van der Waals surface area (Å²) in [6, 6.07) is 0.0533. The predicted octanol–water partition coefficient (Wildman–Crippen LogP) is 4.82. The van der Waals surface area contributed by atoms with Gasteiger partial charge < -0.3 is 5.32 Å². The van der Waals surface area contributed by atoms with Crippen LogP contribution in [0.5, 0.6) is 0 Å². The Labute approximate surface area is 127 Å². The summed E-state index contributed by atoms with van der Waals surface area (Å²) < 4.78 is 0. The number of allylic oxidation sites excluding steroid dienone is 2. The Hall–Kier alpha value is -1.61. The highest BCUT2D eigenvalue weighted by Crippen LogP contribution is 2.23. The van der Waals surface area contributed by atoms with Crippen LogP contribution in [0.1, 0.15) is 33.4 Å². The van der Waals surface area contributed by atoms with Crippen molar-refractivity contribution in [1.29, 1.82) is 0 Å². The first-order valence-electron chi connectivity index (χ1n) is 6.85. The monoisotopic (exact) mass is 293 g/mol. The van der Waals surface area contributed by atoms with Gasteiger partial charge in [0.15, 0.2) is 0 Å². The van der Waals surface area contributed by atoms with E-state index >= 15 is 0 Å². The van der Waals surface area contributed by atoms with E-state index in [0.29, 0.717) is 10.8 Å². The predicted molar refractivity (Wildman–Crippen MR) is 89.3 cm³/mol. The van der Waals surface area contributed by atoms with Gasteiger partial charge in [0.05, 0.1) is 5.69 Å². The van der Waals surface area contributed by atoms with Crippen LogP contribution in [0.3, 0.4) is 0 Å². The number of aryl methyl sites for hydroxylation is 1. The Morgan fingerprint density at radius 3 is 2.55 bits per heavy atom. The molecule has 0 aliphatic carbocycles.